The molecule has 2 rings (SSSR count). The number of carbonyl (C=O) groups excluding carboxylic acids is 1. The first-order valence-corrected chi connectivity index (χ1v) is 6.08. The van der Waals surface area contributed by atoms with E-state index < -0.39 is 0 Å². The minimum Gasteiger partial charge on any atom is -0.368 e. The van der Waals surface area contributed by atoms with E-state index in [0.717, 1.165) is 5.69 Å². The number of halogens is 2. The fraction of sp³-hybridized carbons (Fsp3) is 0.417. The second kappa shape index (κ2) is 5.36. The van der Waals surface area contributed by atoms with Gasteiger partial charge in [-0.15, -0.1) is 11.6 Å². The number of piperazine rings is 1. The van der Waals surface area contributed by atoms with E-state index >= 15 is 0 Å². The monoisotopic (exact) mass is 256 g/mol. The summed E-state index contributed by atoms with van der Waals surface area (Å²) in [7, 11) is 0. The third-order valence-corrected chi connectivity index (χ3v) is 3.15. The lowest BCUT2D eigenvalue weighted by atomic mass is 10.2. The van der Waals surface area contributed by atoms with E-state index in [0.29, 0.717) is 26.2 Å². The molecule has 17 heavy (non-hydrogen) atoms. The second-order valence-electron chi connectivity index (χ2n) is 3.98. The quantitative estimate of drug-likeness (QED) is 0.753. The smallest absolute Gasteiger partial charge is 0.237 e. The Hall–Kier alpha value is -1.29. The molecule has 1 heterocycles. The van der Waals surface area contributed by atoms with E-state index in [9.17, 15) is 9.18 Å². The van der Waals surface area contributed by atoms with Gasteiger partial charge in [0.25, 0.3) is 0 Å². The molecule has 0 N–H and O–H groups in total. The lowest BCUT2D eigenvalue weighted by Crippen LogP contribution is -2.49. The number of nitrogens with zero attached hydrogens (tertiary/aromatic N) is 2. The van der Waals surface area contributed by atoms with E-state index in [2.05, 4.69) is 4.90 Å². The number of rotatable bonds is 2. The third kappa shape index (κ3) is 2.88. The molecular weight excluding hydrogens is 243 g/mol. The van der Waals surface area contributed by atoms with E-state index in [1.165, 1.54) is 12.1 Å². The van der Waals surface area contributed by atoms with Gasteiger partial charge in [-0.3, -0.25) is 4.79 Å². The molecule has 1 aliphatic heterocycles. The summed E-state index contributed by atoms with van der Waals surface area (Å²) in [6.07, 6.45) is 0. The van der Waals surface area contributed by atoms with Gasteiger partial charge in [0.1, 0.15) is 11.7 Å². The van der Waals surface area contributed by atoms with Crippen LogP contribution < -0.4 is 4.90 Å². The second-order valence-corrected chi connectivity index (χ2v) is 4.25. The van der Waals surface area contributed by atoms with Crippen LogP contribution in [0.1, 0.15) is 0 Å². The standard InChI is InChI=1S/C12H14ClFN2O/c13-9-12(17)16-6-4-15(5-7-16)11-3-1-2-10(14)8-11/h1-3,8H,4-7,9H2. The molecule has 5 heteroatoms. The fourth-order valence-electron chi connectivity index (χ4n) is 1.97. The third-order valence-electron chi connectivity index (χ3n) is 2.92. The van der Waals surface area contributed by atoms with Crippen LogP contribution in [0.15, 0.2) is 24.3 Å². The fourth-order valence-corrected chi connectivity index (χ4v) is 2.14. The number of anilines is 1. The van der Waals surface area contributed by atoms with Gasteiger partial charge in [0.05, 0.1) is 0 Å². The summed E-state index contributed by atoms with van der Waals surface area (Å²) in [5.74, 6) is -0.243. The first kappa shape index (κ1) is 12.2. The first-order chi connectivity index (χ1) is 8.20. The maximum absolute atomic E-state index is 13.1. The van der Waals surface area contributed by atoms with Crippen LogP contribution in [-0.4, -0.2) is 42.9 Å². The minimum atomic E-state index is -0.234. The summed E-state index contributed by atoms with van der Waals surface area (Å²) in [5.41, 5.74) is 0.864. The summed E-state index contributed by atoms with van der Waals surface area (Å²) in [5, 5.41) is 0. The molecule has 1 amide bonds. The molecular formula is C12H14ClFN2O. The lowest BCUT2D eigenvalue weighted by molar-refractivity contribution is -0.128. The lowest BCUT2D eigenvalue weighted by Gasteiger charge is -2.35. The van der Waals surface area contributed by atoms with Gasteiger partial charge in [-0.05, 0) is 18.2 Å². The summed E-state index contributed by atoms with van der Waals surface area (Å²) in [6.45, 7) is 2.71. The molecule has 0 aromatic heterocycles. The van der Waals surface area contributed by atoms with E-state index in [-0.39, 0.29) is 17.6 Å². The van der Waals surface area contributed by atoms with Gasteiger partial charge in [-0.25, -0.2) is 4.39 Å². The van der Waals surface area contributed by atoms with Crippen molar-refractivity contribution in [2.24, 2.45) is 0 Å². The molecule has 92 valence electrons. The highest BCUT2D eigenvalue weighted by molar-refractivity contribution is 6.27. The van der Waals surface area contributed by atoms with Crippen molar-refractivity contribution < 1.29 is 9.18 Å². The molecule has 1 aromatic rings. The van der Waals surface area contributed by atoms with E-state index in [4.69, 9.17) is 11.6 Å². The van der Waals surface area contributed by atoms with Gasteiger partial charge in [-0.1, -0.05) is 6.07 Å². The Balaban J connectivity index is 1.97. The molecule has 1 aliphatic rings. The summed E-state index contributed by atoms with van der Waals surface area (Å²) in [4.78, 5) is 15.2. The molecule has 0 radical (unpaired) electrons. The Labute approximate surface area is 105 Å². The number of carbonyl (C=O) groups is 1. The zero-order chi connectivity index (χ0) is 12.3. The van der Waals surface area contributed by atoms with Crippen LogP contribution in [0.2, 0.25) is 0 Å². The van der Waals surface area contributed by atoms with Gasteiger partial charge in [-0.2, -0.15) is 0 Å². The first-order valence-electron chi connectivity index (χ1n) is 5.55. The van der Waals surface area contributed by atoms with Gasteiger partial charge >= 0.3 is 0 Å². The largest absolute Gasteiger partial charge is 0.368 e. The number of amides is 1. The predicted octanol–water partition coefficient (Wildman–Crippen LogP) is 1.71. The molecule has 0 saturated carbocycles. The average molecular weight is 257 g/mol. The molecule has 1 saturated heterocycles. The topological polar surface area (TPSA) is 23.6 Å². The Kier molecular flexibility index (Phi) is 3.84. The highest BCUT2D eigenvalue weighted by Gasteiger charge is 2.20. The number of hydrogen-bond acceptors (Lipinski definition) is 2. The molecule has 3 nitrogen and oxygen atoms in total. The van der Waals surface area contributed by atoms with Crippen molar-refractivity contribution in [3.8, 4) is 0 Å². The zero-order valence-corrected chi connectivity index (χ0v) is 10.2. The molecule has 0 bridgehead atoms. The van der Waals surface area contributed by atoms with Gasteiger partial charge < -0.3 is 9.80 Å². The Morgan fingerprint density at radius 1 is 1.29 bits per heavy atom. The van der Waals surface area contributed by atoms with Crippen LogP contribution in [0.5, 0.6) is 0 Å². The summed E-state index contributed by atoms with van der Waals surface area (Å²) < 4.78 is 13.1. The SMILES string of the molecule is O=C(CCl)N1CCN(c2cccc(F)c2)CC1. The van der Waals surface area contributed by atoms with Crippen LogP contribution >= 0.6 is 11.6 Å². The number of hydrogen-bond donors (Lipinski definition) is 0. The summed E-state index contributed by atoms with van der Waals surface area (Å²) >= 11 is 5.51. The molecule has 1 aromatic carbocycles. The van der Waals surface area contributed by atoms with Crippen molar-refractivity contribution in [1.29, 1.82) is 0 Å². The Morgan fingerprint density at radius 3 is 2.59 bits per heavy atom. The van der Waals surface area contributed by atoms with Gasteiger partial charge in [0.2, 0.25) is 5.91 Å². The molecule has 0 aliphatic carbocycles. The molecule has 0 atom stereocenters. The van der Waals surface area contributed by atoms with Crippen LogP contribution in [-0.2, 0) is 4.79 Å². The minimum absolute atomic E-state index is 0.0277. The molecule has 0 spiro atoms. The van der Waals surface area contributed by atoms with Crippen molar-refractivity contribution in [2.75, 3.05) is 37.0 Å². The summed E-state index contributed by atoms with van der Waals surface area (Å²) in [6, 6.07) is 6.51. The number of alkyl halides is 1. The van der Waals surface area contributed by atoms with Crippen molar-refractivity contribution in [3.63, 3.8) is 0 Å². The number of benzene rings is 1. The van der Waals surface area contributed by atoms with Crippen LogP contribution in [0.3, 0.4) is 0 Å². The van der Waals surface area contributed by atoms with Crippen molar-refractivity contribution >= 4 is 23.2 Å². The maximum atomic E-state index is 13.1. The van der Waals surface area contributed by atoms with Crippen LogP contribution in [0, 0.1) is 5.82 Å². The van der Waals surface area contributed by atoms with Crippen molar-refractivity contribution in [2.45, 2.75) is 0 Å². The molecule has 0 unspecified atom stereocenters. The Bertz CT molecular complexity index is 405. The highest BCUT2D eigenvalue weighted by Crippen LogP contribution is 2.17. The normalized spacial score (nSPS) is 16.1. The van der Waals surface area contributed by atoms with Crippen LogP contribution in [0.25, 0.3) is 0 Å². The van der Waals surface area contributed by atoms with Crippen molar-refractivity contribution in [3.05, 3.63) is 30.1 Å². The Morgan fingerprint density at radius 2 is 2.00 bits per heavy atom. The highest BCUT2D eigenvalue weighted by atomic mass is 35.5. The van der Waals surface area contributed by atoms with Crippen LogP contribution in [0.4, 0.5) is 10.1 Å². The van der Waals surface area contributed by atoms with E-state index in [1.807, 2.05) is 6.07 Å². The maximum Gasteiger partial charge on any atom is 0.237 e. The predicted molar refractivity (Wildman–Crippen MR) is 65.9 cm³/mol. The van der Waals surface area contributed by atoms with Gasteiger partial charge in [0, 0.05) is 31.9 Å². The zero-order valence-electron chi connectivity index (χ0n) is 9.40. The van der Waals surface area contributed by atoms with E-state index in [1.54, 1.807) is 11.0 Å². The van der Waals surface area contributed by atoms with Crippen molar-refractivity contribution in [1.82, 2.24) is 4.90 Å². The molecule has 1 fully saturated rings. The average Bonchev–Trinajstić information content (AvgIpc) is 2.38. The van der Waals surface area contributed by atoms with Gasteiger partial charge in [0.15, 0.2) is 0 Å².